The van der Waals surface area contributed by atoms with Crippen LogP contribution in [0.4, 0.5) is 5.69 Å². The lowest BCUT2D eigenvalue weighted by molar-refractivity contribution is 0.104. The zero-order valence-corrected chi connectivity index (χ0v) is 13.5. The van der Waals surface area contributed by atoms with E-state index < -0.39 is 0 Å². The van der Waals surface area contributed by atoms with E-state index in [2.05, 4.69) is 30.9 Å². The molecule has 0 saturated heterocycles. The molecule has 1 N–H and O–H groups in total. The topological polar surface area (TPSA) is 40.5 Å². The van der Waals surface area contributed by atoms with Gasteiger partial charge in [-0.15, -0.1) is 0 Å². The zero-order chi connectivity index (χ0) is 16.4. The van der Waals surface area contributed by atoms with E-state index in [9.17, 15) is 9.90 Å². The van der Waals surface area contributed by atoms with E-state index in [1.165, 1.54) is 5.69 Å². The molecule has 0 amide bonds. The van der Waals surface area contributed by atoms with Gasteiger partial charge in [-0.3, -0.25) is 4.79 Å². The van der Waals surface area contributed by atoms with Crippen LogP contribution in [0.5, 0.6) is 5.75 Å². The van der Waals surface area contributed by atoms with Gasteiger partial charge in [0, 0.05) is 41.9 Å². The van der Waals surface area contributed by atoms with Gasteiger partial charge in [-0.1, -0.05) is 24.3 Å². The minimum Gasteiger partial charge on any atom is -0.508 e. The highest BCUT2D eigenvalue weighted by Crippen LogP contribution is 2.33. The second-order valence-corrected chi connectivity index (χ2v) is 5.74. The van der Waals surface area contributed by atoms with Crippen molar-refractivity contribution >= 4 is 17.5 Å². The first kappa shape index (κ1) is 15.3. The molecule has 0 spiro atoms. The number of rotatable bonds is 4. The molecule has 2 aromatic rings. The van der Waals surface area contributed by atoms with E-state index in [0.29, 0.717) is 12.0 Å². The molecule has 1 aliphatic rings. The molecule has 3 nitrogen and oxygen atoms in total. The number of carbonyl (C=O) groups excluding carboxylic acids is 1. The van der Waals surface area contributed by atoms with Crippen LogP contribution in [0.2, 0.25) is 0 Å². The second-order valence-electron chi connectivity index (χ2n) is 5.74. The molecule has 2 aromatic carbocycles. The normalized spacial score (nSPS) is 15.0. The lowest BCUT2D eigenvalue weighted by Crippen LogP contribution is -2.21. The Kier molecular flexibility index (Phi) is 4.20. The molecule has 0 saturated carbocycles. The van der Waals surface area contributed by atoms with Crippen molar-refractivity contribution in [2.24, 2.45) is 0 Å². The minimum atomic E-state index is 0.0173. The summed E-state index contributed by atoms with van der Waals surface area (Å²) < 4.78 is 0. The molecule has 0 unspecified atom stereocenters. The first-order valence-corrected chi connectivity index (χ1v) is 8.05. The van der Waals surface area contributed by atoms with E-state index in [1.54, 1.807) is 18.2 Å². The summed E-state index contributed by atoms with van der Waals surface area (Å²) >= 11 is 0. The number of carbonyl (C=O) groups is 1. The summed E-state index contributed by atoms with van der Waals surface area (Å²) in [6, 6.07) is 13.4. The van der Waals surface area contributed by atoms with Crippen molar-refractivity contribution in [1.82, 2.24) is 0 Å². The highest BCUT2D eigenvalue weighted by atomic mass is 16.3. The Balaban J connectivity index is 1.86. The summed E-state index contributed by atoms with van der Waals surface area (Å²) in [6.45, 7) is 6.23. The Hall–Kier alpha value is -2.55. The van der Waals surface area contributed by atoms with Gasteiger partial charge in [-0.2, -0.15) is 0 Å². The Morgan fingerprint density at radius 3 is 2.39 bits per heavy atom. The number of phenolic OH excluding ortho intramolecular Hbond substituents is 1. The number of anilines is 1. The summed E-state index contributed by atoms with van der Waals surface area (Å²) in [5, 5.41) is 9.90. The Morgan fingerprint density at radius 2 is 1.78 bits per heavy atom. The third-order valence-electron chi connectivity index (χ3n) is 4.42. The average molecular weight is 307 g/mol. The SMILES string of the molecule is CCN(CC)c1ccc(C=C2Cc3c(O)cccc3C2=O)cc1. The quantitative estimate of drug-likeness (QED) is 0.866. The van der Waals surface area contributed by atoms with Gasteiger partial charge in [0.05, 0.1) is 0 Å². The van der Waals surface area contributed by atoms with Gasteiger partial charge in [-0.05, 0) is 43.7 Å². The predicted octanol–water partition coefficient (Wildman–Crippen LogP) is 4.06. The van der Waals surface area contributed by atoms with Crippen LogP contribution in [0.3, 0.4) is 0 Å². The van der Waals surface area contributed by atoms with Crippen LogP contribution in [-0.4, -0.2) is 24.0 Å². The van der Waals surface area contributed by atoms with Crippen LogP contribution in [0.25, 0.3) is 6.08 Å². The number of phenols is 1. The van der Waals surface area contributed by atoms with Crippen molar-refractivity contribution in [3.63, 3.8) is 0 Å². The molecule has 0 heterocycles. The largest absolute Gasteiger partial charge is 0.508 e. The van der Waals surface area contributed by atoms with Gasteiger partial charge >= 0.3 is 0 Å². The lowest BCUT2D eigenvalue weighted by atomic mass is 10.1. The Labute approximate surface area is 136 Å². The highest BCUT2D eigenvalue weighted by Gasteiger charge is 2.26. The number of aromatic hydroxyl groups is 1. The maximum Gasteiger partial charge on any atom is 0.189 e. The molecule has 0 bridgehead atoms. The summed E-state index contributed by atoms with van der Waals surface area (Å²) in [4.78, 5) is 14.7. The number of hydrogen-bond acceptors (Lipinski definition) is 3. The molecule has 0 radical (unpaired) electrons. The fourth-order valence-corrected chi connectivity index (χ4v) is 3.10. The van der Waals surface area contributed by atoms with E-state index in [1.807, 2.05) is 18.2 Å². The lowest BCUT2D eigenvalue weighted by Gasteiger charge is -2.20. The first-order valence-electron chi connectivity index (χ1n) is 8.05. The van der Waals surface area contributed by atoms with Gasteiger partial charge < -0.3 is 10.0 Å². The molecule has 1 aliphatic carbocycles. The molecule has 0 aliphatic heterocycles. The van der Waals surface area contributed by atoms with Gasteiger partial charge in [0.25, 0.3) is 0 Å². The molecule has 0 aromatic heterocycles. The summed E-state index contributed by atoms with van der Waals surface area (Å²) in [7, 11) is 0. The monoisotopic (exact) mass is 307 g/mol. The van der Waals surface area contributed by atoms with Crippen LogP contribution >= 0.6 is 0 Å². The molecular weight excluding hydrogens is 286 g/mol. The van der Waals surface area contributed by atoms with E-state index in [-0.39, 0.29) is 11.5 Å². The number of ketones is 1. The van der Waals surface area contributed by atoms with Crippen molar-refractivity contribution in [3.05, 3.63) is 64.7 Å². The third-order valence-corrected chi connectivity index (χ3v) is 4.42. The minimum absolute atomic E-state index is 0.0173. The average Bonchev–Trinajstić information content (AvgIpc) is 2.88. The maximum absolute atomic E-state index is 12.4. The number of fused-ring (bicyclic) bond motifs is 1. The van der Waals surface area contributed by atoms with Crippen molar-refractivity contribution in [1.29, 1.82) is 0 Å². The van der Waals surface area contributed by atoms with E-state index in [0.717, 1.165) is 29.8 Å². The van der Waals surface area contributed by atoms with E-state index in [4.69, 9.17) is 0 Å². The van der Waals surface area contributed by atoms with Gasteiger partial charge in [0.15, 0.2) is 5.78 Å². The van der Waals surface area contributed by atoms with Gasteiger partial charge in [0.1, 0.15) is 5.75 Å². The van der Waals surface area contributed by atoms with Gasteiger partial charge in [-0.25, -0.2) is 0 Å². The molecule has 3 heteroatoms. The number of allylic oxidation sites excluding steroid dienone is 1. The first-order chi connectivity index (χ1) is 11.1. The van der Waals surface area contributed by atoms with Crippen molar-refractivity contribution in [2.75, 3.05) is 18.0 Å². The molecule has 3 rings (SSSR count). The van der Waals surface area contributed by atoms with Crippen molar-refractivity contribution in [3.8, 4) is 5.75 Å². The summed E-state index contributed by atoms with van der Waals surface area (Å²) in [5.74, 6) is 0.222. The van der Waals surface area contributed by atoms with Crippen LogP contribution in [0, 0.1) is 0 Å². The van der Waals surface area contributed by atoms with Crippen molar-refractivity contribution < 1.29 is 9.90 Å². The number of nitrogens with zero attached hydrogens (tertiary/aromatic N) is 1. The Bertz CT molecular complexity index is 756. The van der Waals surface area contributed by atoms with Crippen LogP contribution < -0.4 is 4.90 Å². The second kappa shape index (κ2) is 6.29. The number of benzene rings is 2. The zero-order valence-electron chi connectivity index (χ0n) is 13.5. The smallest absolute Gasteiger partial charge is 0.189 e. The summed E-state index contributed by atoms with van der Waals surface area (Å²) in [5.41, 5.74) is 4.30. The highest BCUT2D eigenvalue weighted by molar-refractivity contribution is 6.16. The van der Waals surface area contributed by atoms with Crippen LogP contribution in [0.1, 0.15) is 35.3 Å². The van der Waals surface area contributed by atoms with E-state index >= 15 is 0 Å². The number of Topliss-reactive ketones (excluding diaryl/α,β-unsaturated/α-hetero) is 1. The van der Waals surface area contributed by atoms with Crippen LogP contribution in [0.15, 0.2) is 48.0 Å². The molecule has 0 fully saturated rings. The predicted molar refractivity (Wildman–Crippen MR) is 94.1 cm³/mol. The standard InChI is InChI=1S/C20H21NO2/c1-3-21(4-2)16-10-8-14(9-11-16)12-15-13-18-17(20(15)23)6-5-7-19(18)22/h5-12,22H,3-4,13H2,1-2H3. The maximum atomic E-state index is 12.4. The van der Waals surface area contributed by atoms with Crippen LogP contribution in [-0.2, 0) is 6.42 Å². The molecule has 0 atom stereocenters. The number of hydrogen-bond donors (Lipinski definition) is 1. The third kappa shape index (κ3) is 2.87. The Morgan fingerprint density at radius 1 is 1.09 bits per heavy atom. The molecular formula is C20H21NO2. The summed E-state index contributed by atoms with van der Waals surface area (Å²) in [6.07, 6.45) is 2.42. The molecule has 118 valence electrons. The van der Waals surface area contributed by atoms with Crippen molar-refractivity contribution in [2.45, 2.75) is 20.3 Å². The fraction of sp³-hybridized carbons (Fsp3) is 0.250. The van der Waals surface area contributed by atoms with Gasteiger partial charge in [0.2, 0.25) is 0 Å². The fourth-order valence-electron chi connectivity index (χ4n) is 3.10. The molecule has 23 heavy (non-hydrogen) atoms.